The van der Waals surface area contributed by atoms with E-state index in [1.165, 1.54) is 6.07 Å². The molecule has 5 heteroatoms. The van der Waals surface area contributed by atoms with Gasteiger partial charge in [0.2, 0.25) is 0 Å². The van der Waals surface area contributed by atoms with Gasteiger partial charge in [-0.3, -0.25) is 10.1 Å². The fourth-order valence-electron chi connectivity index (χ4n) is 1.06. The maximum atomic E-state index is 12.6. The van der Waals surface area contributed by atoms with Gasteiger partial charge in [-0.2, -0.15) is 0 Å². The smallest absolute Gasteiger partial charge is 0.277 e. The van der Waals surface area contributed by atoms with Gasteiger partial charge in [0, 0.05) is 11.6 Å². The van der Waals surface area contributed by atoms with E-state index in [2.05, 4.69) is 0 Å². The number of hydrogen-bond acceptors (Lipinski definition) is 3. The molecule has 0 aliphatic heterocycles. The number of nitrogens with zero attached hydrogens (tertiary/aromatic N) is 1. The Morgan fingerprint density at radius 1 is 1.62 bits per heavy atom. The summed E-state index contributed by atoms with van der Waals surface area (Å²) in [6, 6.07) is 2.89. The second-order valence-electron chi connectivity index (χ2n) is 2.75. The van der Waals surface area contributed by atoms with Crippen molar-refractivity contribution in [1.82, 2.24) is 0 Å². The fourth-order valence-corrected chi connectivity index (χ4v) is 1.06. The van der Waals surface area contributed by atoms with Crippen LogP contribution in [0, 0.1) is 15.9 Å². The lowest BCUT2D eigenvalue weighted by Crippen LogP contribution is -2.08. The van der Waals surface area contributed by atoms with Crippen molar-refractivity contribution in [3.63, 3.8) is 0 Å². The molecule has 0 fully saturated rings. The summed E-state index contributed by atoms with van der Waals surface area (Å²) in [7, 11) is 0. The molecule has 0 aliphatic rings. The van der Waals surface area contributed by atoms with Crippen LogP contribution in [0.3, 0.4) is 0 Å². The standard InChI is InChI=1S/C8H9FN2O2/c1-5(10)7-3-2-6(9)4-8(7)11(12)13/h2-5H,10H2,1H3/t5-/m1/s1. The third kappa shape index (κ3) is 2.00. The molecule has 0 saturated carbocycles. The predicted octanol–water partition coefficient (Wildman–Crippen LogP) is 1.75. The van der Waals surface area contributed by atoms with Crippen LogP contribution in [0.5, 0.6) is 0 Å². The first-order valence-corrected chi connectivity index (χ1v) is 3.72. The minimum atomic E-state index is -0.637. The Morgan fingerprint density at radius 3 is 2.69 bits per heavy atom. The predicted molar refractivity (Wildman–Crippen MR) is 45.7 cm³/mol. The quantitative estimate of drug-likeness (QED) is 0.562. The van der Waals surface area contributed by atoms with Gasteiger partial charge in [-0.05, 0) is 19.1 Å². The van der Waals surface area contributed by atoms with E-state index in [0.717, 1.165) is 12.1 Å². The molecule has 1 rings (SSSR count). The molecule has 0 amide bonds. The molecular formula is C8H9FN2O2. The lowest BCUT2D eigenvalue weighted by atomic mass is 10.1. The average molecular weight is 184 g/mol. The normalized spacial score (nSPS) is 12.5. The van der Waals surface area contributed by atoms with Gasteiger partial charge in [0.05, 0.1) is 11.0 Å². The van der Waals surface area contributed by atoms with Crippen LogP contribution in [0.15, 0.2) is 18.2 Å². The van der Waals surface area contributed by atoms with Crippen LogP contribution >= 0.6 is 0 Å². The highest BCUT2D eigenvalue weighted by atomic mass is 19.1. The Hall–Kier alpha value is -1.49. The monoisotopic (exact) mass is 184 g/mol. The van der Waals surface area contributed by atoms with Crippen LogP contribution in [0.4, 0.5) is 10.1 Å². The Labute approximate surface area is 74.3 Å². The first-order chi connectivity index (χ1) is 6.02. The number of nitro groups is 1. The summed E-state index contributed by atoms with van der Waals surface area (Å²) in [4.78, 5) is 9.82. The zero-order valence-electron chi connectivity index (χ0n) is 7.03. The van der Waals surface area contributed by atoms with E-state index in [1.54, 1.807) is 6.92 Å². The average Bonchev–Trinajstić information content (AvgIpc) is 2.03. The van der Waals surface area contributed by atoms with Gasteiger partial charge in [-0.1, -0.05) is 0 Å². The van der Waals surface area contributed by atoms with E-state index in [-0.39, 0.29) is 5.69 Å². The molecule has 2 N–H and O–H groups in total. The molecule has 0 radical (unpaired) electrons. The van der Waals surface area contributed by atoms with Crippen LogP contribution in [0.1, 0.15) is 18.5 Å². The van der Waals surface area contributed by atoms with Crippen LogP contribution in [-0.2, 0) is 0 Å². The van der Waals surface area contributed by atoms with E-state index < -0.39 is 16.8 Å². The Bertz CT molecular complexity index is 339. The molecule has 70 valence electrons. The summed E-state index contributed by atoms with van der Waals surface area (Å²) in [6.07, 6.45) is 0. The van der Waals surface area contributed by atoms with Gasteiger partial charge >= 0.3 is 0 Å². The summed E-state index contributed by atoms with van der Waals surface area (Å²) >= 11 is 0. The second-order valence-corrected chi connectivity index (χ2v) is 2.75. The van der Waals surface area contributed by atoms with E-state index in [0.29, 0.717) is 5.56 Å². The maximum absolute atomic E-state index is 12.6. The zero-order chi connectivity index (χ0) is 10.0. The van der Waals surface area contributed by atoms with Gasteiger partial charge in [0.1, 0.15) is 5.82 Å². The molecule has 13 heavy (non-hydrogen) atoms. The van der Waals surface area contributed by atoms with Crippen LogP contribution in [-0.4, -0.2) is 4.92 Å². The maximum Gasteiger partial charge on any atom is 0.277 e. The van der Waals surface area contributed by atoms with E-state index in [9.17, 15) is 14.5 Å². The van der Waals surface area contributed by atoms with Crippen molar-refractivity contribution in [2.45, 2.75) is 13.0 Å². The Morgan fingerprint density at radius 2 is 2.23 bits per heavy atom. The summed E-state index contributed by atoms with van der Waals surface area (Å²) in [6.45, 7) is 1.61. The number of nitrogens with two attached hydrogens (primary N) is 1. The first-order valence-electron chi connectivity index (χ1n) is 3.72. The van der Waals surface area contributed by atoms with Crippen molar-refractivity contribution in [1.29, 1.82) is 0 Å². The van der Waals surface area contributed by atoms with E-state index in [4.69, 9.17) is 5.73 Å². The zero-order valence-corrected chi connectivity index (χ0v) is 7.03. The van der Waals surface area contributed by atoms with Crippen LogP contribution < -0.4 is 5.73 Å². The molecule has 0 spiro atoms. The second kappa shape index (κ2) is 3.49. The van der Waals surface area contributed by atoms with Crippen molar-refractivity contribution in [2.75, 3.05) is 0 Å². The molecule has 0 heterocycles. The highest BCUT2D eigenvalue weighted by molar-refractivity contribution is 5.42. The number of hydrogen-bond donors (Lipinski definition) is 1. The third-order valence-corrected chi connectivity index (χ3v) is 1.68. The van der Waals surface area contributed by atoms with Crippen molar-refractivity contribution in [3.8, 4) is 0 Å². The molecule has 0 saturated heterocycles. The largest absolute Gasteiger partial charge is 0.324 e. The van der Waals surface area contributed by atoms with Crippen LogP contribution in [0.2, 0.25) is 0 Å². The van der Waals surface area contributed by atoms with Gasteiger partial charge in [-0.15, -0.1) is 0 Å². The molecule has 0 unspecified atom stereocenters. The Balaban J connectivity index is 3.27. The molecule has 4 nitrogen and oxygen atoms in total. The molecule has 0 bridgehead atoms. The minimum Gasteiger partial charge on any atom is -0.324 e. The lowest BCUT2D eigenvalue weighted by Gasteiger charge is -2.05. The number of halogens is 1. The SMILES string of the molecule is C[C@@H](N)c1ccc(F)cc1[N+](=O)[O-]. The molecule has 1 aromatic rings. The molecule has 1 atom stereocenters. The highest BCUT2D eigenvalue weighted by Gasteiger charge is 2.16. The summed E-state index contributed by atoms with van der Waals surface area (Å²) in [5.41, 5.74) is 5.55. The fraction of sp³-hybridized carbons (Fsp3) is 0.250. The highest BCUT2D eigenvalue weighted by Crippen LogP contribution is 2.24. The lowest BCUT2D eigenvalue weighted by molar-refractivity contribution is -0.385. The van der Waals surface area contributed by atoms with Crippen molar-refractivity contribution >= 4 is 5.69 Å². The molecule has 1 aromatic carbocycles. The third-order valence-electron chi connectivity index (χ3n) is 1.68. The van der Waals surface area contributed by atoms with Gasteiger partial charge in [0.25, 0.3) is 5.69 Å². The summed E-state index contributed by atoms with van der Waals surface area (Å²) in [5, 5.41) is 10.5. The number of rotatable bonds is 2. The summed E-state index contributed by atoms with van der Waals surface area (Å²) < 4.78 is 12.6. The summed E-state index contributed by atoms with van der Waals surface area (Å²) in [5.74, 6) is -0.629. The van der Waals surface area contributed by atoms with Crippen molar-refractivity contribution in [3.05, 3.63) is 39.7 Å². The topological polar surface area (TPSA) is 69.2 Å². The molecule has 0 aromatic heterocycles. The molecular weight excluding hydrogens is 175 g/mol. The number of nitro benzene ring substituents is 1. The van der Waals surface area contributed by atoms with Crippen molar-refractivity contribution < 1.29 is 9.31 Å². The van der Waals surface area contributed by atoms with Crippen LogP contribution in [0.25, 0.3) is 0 Å². The van der Waals surface area contributed by atoms with E-state index in [1.807, 2.05) is 0 Å². The first kappa shape index (κ1) is 9.60. The molecule has 0 aliphatic carbocycles. The van der Waals surface area contributed by atoms with Gasteiger partial charge < -0.3 is 5.73 Å². The van der Waals surface area contributed by atoms with Gasteiger partial charge in [-0.25, -0.2) is 4.39 Å². The number of benzene rings is 1. The minimum absolute atomic E-state index is 0.269. The van der Waals surface area contributed by atoms with Gasteiger partial charge in [0.15, 0.2) is 0 Å². The Kier molecular flexibility index (Phi) is 2.57. The van der Waals surface area contributed by atoms with Crippen molar-refractivity contribution in [2.24, 2.45) is 5.73 Å². The van der Waals surface area contributed by atoms with E-state index >= 15 is 0 Å².